The van der Waals surface area contributed by atoms with Gasteiger partial charge in [0.25, 0.3) is 0 Å². The van der Waals surface area contributed by atoms with Gasteiger partial charge in [0.2, 0.25) is 5.91 Å². The molecule has 0 aromatic rings. The fourth-order valence-corrected chi connectivity index (χ4v) is 5.15. The molecule has 1 atom stereocenters. The number of amides is 1. The third-order valence-electron chi connectivity index (χ3n) is 5.84. The van der Waals surface area contributed by atoms with E-state index in [0.717, 1.165) is 56.4 Å². The lowest BCUT2D eigenvalue weighted by Gasteiger charge is -2.55. The van der Waals surface area contributed by atoms with Gasteiger partial charge in [0, 0.05) is 18.0 Å². The first-order valence-corrected chi connectivity index (χ1v) is 8.15. The van der Waals surface area contributed by atoms with Crippen LogP contribution in [-0.4, -0.2) is 18.5 Å². The van der Waals surface area contributed by atoms with Crippen LogP contribution in [0.25, 0.3) is 0 Å². The Morgan fingerprint density at radius 2 is 1.74 bits per heavy atom. The molecule has 3 nitrogen and oxygen atoms in total. The van der Waals surface area contributed by atoms with E-state index in [1.165, 1.54) is 19.3 Å². The van der Waals surface area contributed by atoms with Crippen LogP contribution >= 0.6 is 0 Å². The summed E-state index contributed by atoms with van der Waals surface area (Å²) >= 11 is 0. The summed E-state index contributed by atoms with van der Waals surface area (Å²) in [5, 5.41) is 3.19. The number of hydrogen-bond donors (Lipinski definition) is 2. The lowest BCUT2D eigenvalue weighted by atomic mass is 9.49. The Labute approximate surface area is 116 Å². The standard InChI is InChI=1S/C16H28N2O/c1-2-14(17)3-4-18-15(19)16-8-11-5-12(9-16)7-13(6-11)10-16/h11-14H,2-10,17H2,1H3,(H,18,19). The van der Waals surface area contributed by atoms with E-state index in [4.69, 9.17) is 5.73 Å². The minimum absolute atomic E-state index is 0.00502. The Balaban J connectivity index is 1.57. The van der Waals surface area contributed by atoms with E-state index in [9.17, 15) is 4.79 Å². The number of carbonyl (C=O) groups excluding carboxylic acids is 1. The monoisotopic (exact) mass is 264 g/mol. The van der Waals surface area contributed by atoms with Gasteiger partial charge < -0.3 is 11.1 Å². The Kier molecular flexibility index (Phi) is 3.59. The van der Waals surface area contributed by atoms with Crippen molar-refractivity contribution in [2.75, 3.05) is 6.54 Å². The molecule has 4 saturated carbocycles. The molecule has 0 aromatic heterocycles. The van der Waals surface area contributed by atoms with Crippen LogP contribution in [0.2, 0.25) is 0 Å². The molecule has 0 aromatic carbocycles. The molecule has 0 aliphatic heterocycles. The zero-order valence-corrected chi connectivity index (χ0v) is 12.2. The van der Waals surface area contributed by atoms with Crippen LogP contribution in [0.4, 0.5) is 0 Å². The van der Waals surface area contributed by atoms with Gasteiger partial charge in [-0.05, 0) is 69.1 Å². The maximum atomic E-state index is 12.6. The summed E-state index contributed by atoms with van der Waals surface area (Å²) in [6, 6.07) is 0.233. The van der Waals surface area contributed by atoms with Crippen LogP contribution in [0, 0.1) is 23.2 Å². The highest BCUT2D eigenvalue weighted by atomic mass is 16.2. The highest BCUT2D eigenvalue weighted by molar-refractivity contribution is 5.83. The molecule has 4 aliphatic rings. The SMILES string of the molecule is CCC(N)CCNC(=O)C12CC3CC(CC(C3)C1)C2. The maximum absolute atomic E-state index is 12.6. The van der Waals surface area contributed by atoms with Crippen molar-refractivity contribution >= 4 is 5.91 Å². The first-order valence-electron chi connectivity index (χ1n) is 8.15. The van der Waals surface area contributed by atoms with Gasteiger partial charge >= 0.3 is 0 Å². The third kappa shape index (κ3) is 2.54. The molecule has 3 heteroatoms. The second-order valence-electron chi connectivity index (χ2n) is 7.41. The second-order valence-corrected chi connectivity index (χ2v) is 7.41. The van der Waals surface area contributed by atoms with E-state index < -0.39 is 0 Å². The van der Waals surface area contributed by atoms with Crippen molar-refractivity contribution < 1.29 is 4.79 Å². The summed E-state index contributed by atoms with van der Waals surface area (Å²) in [6.45, 7) is 2.86. The molecule has 108 valence electrons. The van der Waals surface area contributed by atoms with Gasteiger partial charge in [0.15, 0.2) is 0 Å². The summed E-state index contributed by atoms with van der Waals surface area (Å²) in [7, 11) is 0. The molecular formula is C16H28N2O. The first kappa shape index (κ1) is 13.4. The van der Waals surface area contributed by atoms with Crippen LogP contribution < -0.4 is 11.1 Å². The molecule has 0 spiro atoms. The number of nitrogens with two attached hydrogens (primary N) is 1. The van der Waals surface area contributed by atoms with Crippen molar-refractivity contribution in [2.45, 2.75) is 64.3 Å². The first-order chi connectivity index (χ1) is 9.11. The zero-order chi connectivity index (χ0) is 13.5. The lowest BCUT2D eigenvalue weighted by Crippen LogP contribution is -2.53. The summed E-state index contributed by atoms with van der Waals surface area (Å²) < 4.78 is 0. The average Bonchev–Trinajstić information content (AvgIpc) is 2.36. The number of nitrogens with one attached hydrogen (secondary N) is 1. The van der Waals surface area contributed by atoms with Crippen molar-refractivity contribution in [1.82, 2.24) is 5.32 Å². The Morgan fingerprint density at radius 1 is 1.21 bits per heavy atom. The largest absolute Gasteiger partial charge is 0.356 e. The van der Waals surface area contributed by atoms with Gasteiger partial charge in [-0.1, -0.05) is 6.92 Å². The van der Waals surface area contributed by atoms with Crippen molar-refractivity contribution in [1.29, 1.82) is 0 Å². The normalized spacial score (nSPS) is 41.3. The summed E-state index contributed by atoms with van der Waals surface area (Å²) in [5.41, 5.74) is 5.92. The van der Waals surface area contributed by atoms with Crippen LogP contribution in [0.1, 0.15) is 58.3 Å². The lowest BCUT2D eigenvalue weighted by molar-refractivity contribution is -0.146. The Morgan fingerprint density at radius 3 is 2.21 bits per heavy atom. The van der Waals surface area contributed by atoms with Crippen molar-refractivity contribution in [3.63, 3.8) is 0 Å². The number of hydrogen-bond acceptors (Lipinski definition) is 2. The summed E-state index contributed by atoms with van der Waals surface area (Å²) in [6.07, 6.45) is 9.57. The van der Waals surface area contributed by atoms with E-state index in [1.54, 1.807) is 0 Å². The van der Waals surface area contributed by atoms with Crippen molar-refractivity contribution in [3.05, 3.63) is 0 Å². The van der Waals surface area contributed by atoms with Gasteiger partial charge in [0.05, 0.1) is 0 Å². The Hall–Kier alpha value is -0.570. The quantitative estimate of drug-likeness (QED) is 0.801. The fraction of sp³-hybridized carbons (Fsp3) is 0.938. The minimum Gasteiger partial charge on any atom is -0.356 e. The molecule has 4 bridgehead atoms. The number of carbonyl (C=O) groups is 1. The third-order valence-corrected chi connectivity index (χ3v) is 5.84. The van der Waals surface area contributed by atoms with Gasteiger partial charge in [-0.25, -0.2) is 0 Å². The Bertz CT molecular complexity index is 317. The van der Waals surface area contributed by atoms with E-state index in [0.29, 0.717) is 5.91 Å². The maximum Gasteiger partial charge on any atom is 0.226 e. The fourth-order valence-electron chi connectivity index (χ4n) is 5.15. The molecule has 1 unspecified atom stereocenters. The van der Waals surface area contributed by atoms with Crippen LogP contribution in [-0.2, 0) is 4.79 Å². The van der Waals surface area contributed by atoms with Gasteiger partial charge in [-0.15, -0.1) is 0 Å². The second kappa shape index (κ2) is 5.08. The van der Waals surface area contributed by atoms with Gasteiger partial charge in [-0.2, -0.15) is 0 Å². The minimum atomic E-state index is 0.00502. The van der Waals surface area contributed by atoms with Gasteiger partial charge in [-0.3, -0.25) is 4.79 Å². The molecular weight excluding hydrogens is 236 g/mol. The predicted octanol–water partition coefficient (Wildman–Crippen LogP) is 2.45. The molecule has 0 radical (unpaired) electrons. The van der Waals surface area contributed by atoms with E-state index in [1.807, 2.05) is 0 Å². The molecule has 4 rings (SSSR count). The highest BCUT2D eigenvalue weighted by Crippen LogP contribution is 2.60. The highest BCUT2D eigenvalue weighted by Gasteiger charge is 2.54. The molecule has 0 heterocycles. The molecule has 19 heavy (non-hydrogen) atoms. The van der Waals surface area contributed by atoms with Crippen molar-refractivity contribution in [3.8, 4) is 0 Å². The summed E-state index contributed by atoms with van der Waals surface area (Å²) in [5.74, 6) is 2.87. The molecule has 1 amide bonds. The smallest absolute Gasteiger partial charge is 0.226 e. The predicted molar refractivity (Wildman–Crippen MR) is 76.5 cm³/mol. The molecule has 4 aliphatic carbocycles. The van der Waals surface area contributed by atoms with Crippen LogP contribution in [0.3, 0.4) is 0 Å². The zero-order valence-electron chi connectivity index (χ0n) is 12.2. The molecule has 0 saturated heterocycles. The topological polar surface area (TPSA) is 55.1 Å². The molecule has 4 fully saturated rings. The van der Waals surface area contributed by atoms with Gasteiger partial charge in [0.1, 0.15) is 0 Å². The van der Waals surface area contributed by atoms with Crippen LogP contribution in [0.15, 0.2) is 0 Å². The van der Waals surface area contributed by atoms with Crippen LogP contribution in [0.5, 0.6) is 0 Å². The van der Waals surface area contributed by atoms with Crippen molar-refractivity contribution in [2.24, 2.45) is 28.9 Å². The number of rotatable bonds is 5. The van der Waals surface area contributed by atoms with E-state index >= 15 is 0 Å². The van der Waals surface area contributed by atoms with E-state index in [-0.39, 0.29) is 11.5 Å². The average molecular weight is 264 g/mol. The summed E-state index contributed by atoms with van der Waals surface area (Å²) in [4.78, 5) is 12.6. The van der Waals surface area contributed by atoms with E-state index in [2.05, 4.69) is 12.2 Å². The molecule has 3 N–H and O–H groups in total.